The first kappa shape index (κ1) is 30.2. The summed E-state index contributed by atoms with van der Waals surface area (Å²) in [6.45, 7) is 4.46. The largest absolute Gasteiger partial charge is 0.497 e. The highest BCUT2D eigenvalue weighted by Crippen LogP contribution is 2.28. The number of piperidine rings is 1. The Bertz CT molecular complexity index is 1260. The minimum Gasteiger partial charge on any atom is -0.497 e. The maximum Gasteiger partial charge on any atom is 0.322 e. The lowest BCUT2D eigenvalue weighted by Crippen LogP contribution is -2.49. The molecule has 1 aliphatic carbocycles. The number of rotatable bonds is 9. The first-order valence-electron chi connectivity index (χ1n) is 15.5. The average Bonchev–Trinajstić information content (AvgIpc) is 3.17. The number of fused-ring (bicyclic) bond motifs is 1. The minimum atomic E-state index is -0.129. The number of benzene rings is 2. The quantitative estimate of drug-likeness (QED) is 0.315. The number of amides is 3. The van der Waals surface area contributed by atoms with Crippen molar-refractivity contribution in [2.45, 2.75) is 70.0 Å². The van der Waals surface area contributed by atoms with Gasteiger partial charge in [0.15, 0.2) is 0 Å². The second-order valence-corrected chi connectivity index (χ2v) is 12.1. The molecule has 2 aromatic carbocycles. The summed E-state index contributed by atoms with van der Waals surface area (Å²) in [4.78, 5) is 32.7. The maximum atomic E-state index is 13.1. The van der Waals surface area contributed by atoms with E-state index in [1.54, 1.807) is 13.2 Å². The van der Waals surface area contributed by atoms with E-state index in [1.807, 2.05) is 29.2 Å². The SMILES string of the molecule is [B]c1cc(C(=O)NCCN2CCC(N3CCc4cc(OC)ccc4NC3=O)CC2)cc(CN(C)C2CCCCC2)c1N. The molecule has 0 bridgehead atoms. The standard InChI is InChI=1S/C32H45BN6O3/c1-37(25-6-4-3-5-7-25)21-24-18-23(20-28(33)30(24)34)31(40)35-13-17-38-14-11-26(12-15-38)39-16-10-22-19-27(42-2)8-9-29(22)36-32(39)41/h8-9,18-20,25-26H,3-7,10-17,21,34H2,1-2H3,(H,35,40)(H,36,41). The Hall–Kier alpha value is -3.24. The Labute approximate surface area is 251 Å². The number of methoxy groups -OCH3 is 1. The van der Waals surface area contributed by atoms with Gasteiger partial charge in [-0.25, -0.2) is 4.79 Å². The van der Waals surface area contributed by atoms with E-state index in [9.17, 15) is 9.59 Å². The van der Waals surface area contributed by atoms with E-state index in [0.29, 0.717) is 42.4 Å². The van der Waals surface area contributed by atoms with Crippen molar-refractivity contribution in [3.05, 3.63) is 47.0 Å². The molecule has 2 aromatic rings. The first-order chi connectivity index (χ1) is 20.3. The Morgan fingerprint density at radius 1 is 1.12 bits per heavy atom. The van der Waals surface area contributed by atoms with Gasteiger partial charge in [-0.05, 0) is 74.5 Å². The number of nitrogens with zero attached hydrogens (tertiary/aromatic N) is 3. The van der Waals surface area contributed by atoms with Gasteiger partial charge in [0, 0.05) is 68.3 Å². The fourth-order valence-electron chi connectivity index (χ4n) is 6.71. The molecule has 10 heteroatoms. The van der Waals surface area contributed by atoms with Crippen LogP contribution in [-0.2, 0) is 13.0 Å². The van der Waals surface area contributed by atoms with Crippen LogP contribution in [0.2, 0.25) is 0 Å². The predicted molar refractivity (Wildman–Crippen MR) is 169 cm³/mol. The number of carbonyl (C=O) groups excluding carboxylic acids is 2. The van der Waals surface area contributed by atoms with Gasteiger partial charge in [0.1, 0.15) is 13.6 Å². The first-order valence-corrected chi connectivity index (χ1v) is 15.5. The molecule has 0 unspecified atom stereocenters. The molecule has 42 heavy (non-hydrogen) atoms. The molecular weight excluding hydrogens is 527 g/mol. The summed E-state index contributed by atoms with van der Waals surface area (Å²) in [5, 5.41) is 6.15. The van der Waals surface area contributed by atoms with Gasteiger partial charge < -0.3 is 30.9 Å². The third-order valence-corrected chi connectivity index (χ3v) is 9.33. The van der Waals surface area contributed by atoms with Crippen LogP contribution >= 0.6 is 0 Å². The van der Waals surface area contributed by atoms with Gasteiger partial charge in [-0.1, -0.05) is 30.8 Å². The zero-order chi connectivity index (χ0) is 29.6. The molecule has 2 aliphatic heterocycles. The molecule has 4 N–H and O–H groups in total. The van der Waals surface area contributed by atoms with E-state index < -0.39 is 0 Å². The number of nitrogens with two attached hydrogens (primary N) is 1. The number of nitrogen functional groups attached to an aromatic ring is 1. The number of hydrogen-bond acceptors (Lipinski definition) is 6. The molecule has 0 spiro atoms. The highest BCUT2D eigenvalue weighted by atomic mass is 16.5. The molecular formula is C32H45BN6O3. The van der Waals surface area contributed by atoms with E-state index in [1.165, 1.54) is 32.1 Å². The summed E-state index contributed by atoms with van der Waals surface area (Å²) in [6.07, 6.45) is 8.88. The highest BCUT2D eigenvalue weighted by Gasteiger charge is 2.30. The van der Waals surface area contributed by atoms with Crippen LogP contribution in [0.5, 0.6) is 5.75 Å². The molecule has 2 fully saturated rings. The van der Waals surface area contributed by atoms with Crippen molar-refractivity contribution in [2.24, 2.45) is 0 Å². The molecule has 5 rings (SSSR count). The van der Waals surface area contributed by atoms with Crippen LogP contribution in [0.3, 0.4) is 0 Å². The maximum absolute atomic E-state index is 13.1. The Balaban J connectivity index is 1.08. The summed E-state index contributed by atoms with van der Waals surface area (Å²) in [6, 6.07) is 10.1. The lowest BCUT2D eigenvalue weighted by molar-refractivity contribution is 0.0937. The van der Waals surface area contributed by atoms with Crippen LogP contribution in [-0.4, -0.2) is 93.4 Å². The Kier molecular flexibility index (Phi) is 9.95. The smallest absolute Gasteiger partial charge is 0.322 e. The molecule has 3 aliphatic rings. The number of urea groups is 1. The van der Waals surface area contributed by atoms with Crippen molar-refractivity contribution < 1.29 is 14.3 Å². The van der Waals surface area contributed by atoms with E-state index >= 15 is 0 Å². The van der Waals surface area contributed by atoms with Crippen molar-refractivity contribution in [1.29, 1.82) is 0 Å². The zero-order valence-electron chi connectivity index (χ0n) is 25.2. The summed E-state index contributed by atoms with van der Waals surface area (Å²) in [5.74, 6) is 0.676. The van der Waals surface area contributed by atoms with Gasteiger partial charge in [0.2, 0.25) is 0 Å². The number of likely N-dealkylation sites (tertiary alicyclic amines) is 1. The van der Waals surface area contributed by atoms with Crippen molar-refractivity contribution >= 4 is 36.6 Å². The molecule has 9 nitrogen and oxygen atoms in total. The van der Waals surface area contributed by atoms with Gasteiger partial charge in [0.05, 0.1) is 7.11 Å². The molecule has 2 radical (unpaired) electrons. The van der Waals surface area contributed by atoms with Crippen LogP contribution in [0, 0.1) is 0 Å². The van der Waals surface area contributed by atoms with Crippen LogP contribution in [0.25, 0.3) is 0 Å². The average molecular weight is 573 g/mol. The number of carbonyl (C=O) groups is 2. The molecule has 2 heterocycles. The highest BCUT2D eigenvalue weighted by molar-refractivity contribution is 6.36. The van der Waals surface area contributed by atoms with Crippen LogP contribution in [0.1, 0.15) is 66.4 Å². The van der Waals surface area contributed by atoms with Gasteiger partial charge in [-0.3, -0.25) is 9.69 Å². The zero-order valence-corrected chi connectivity index (χ0v) is 25.2. The topological polar surface area (TPSA) is 103 Å². The minimum absolute atomic E-state index is 0.0308. The number of ether oxygens (including phenoxy) is 1. The summed E-state index contributed by atoms with van der Waals surface area (Å²) in [5.41, 5.74) is 10.8. The van der Waals surface area contributed by atoms with Crippen molar-refractivity contribution in [1.82, 2.24) is 20.0 Å². The monoisotopic (exact) mass is 572 g/mol. The lowest BCUT2D eigenvalue weighted by atomic mass is 9.88. The third kappa shape index (κ3) is 7.21. The van der Waals surface area contributed by atoms with Gasteiger partial charge >= 0.3 is 6.03 Å². The van der Waals surface area contributed by atoms with Gasteiger partial charge in [-0.15, -0.1) is 0 Å². The normalized spacial score (nSPS) is 18.8. The van der Waals surface area contributed by atoms with E-state index in [0.717, 1.165) is 61.5 Å². The molecule has 0 aromatic heterocycles. The fraction of sp³-hybridized carbons (Fsp3) is 0.562. The second-order valence-electron chi connectivity index (χ2n) is 12.1. The molecule has 3 amide bonds. The van der Waals surface area contributed by atoms with Crippen LogP contribution < -0.4 is 26.6 Å². The van der Waals surface area contributed by atoms with E-state index in [-0.39, 0.29) is 18.0 Å². The summed E-state index contributed by atoms with van der Waals surface area (Å²) in [7, 11) is 10.0. The molecule has 1 saturated heterocycles. The van der Waals surface area contributed by atoms with Gasteiger partial charge in [0.25, 0.3) is 5.91 Å². The van der Waals surface area contributed by atoms with Crippen molar-refractivity contribution in [3.63, 3.8) is 0 Å². The summed E-state index contributed by atoms with van der Waals surface area (Å²) < 4.78 is 5.35. The van der Waals surface area contributed by atoms with Crippen molar-refractivity contribution in [2.75, 3.05) is 57.9 Å². The molecule has 224 valence electrons. The lowest BCUT2D eigenvalue weighted by Gasteiger charge is -2.38. The predicted octanol–water partition coefficient (Wildman–Crippen LogP) is 3.12. The van der Waals surface area contributed by atoms with E-state index in [4.69, 9.17) is 18.3 Å². The van der Waals surface area contributed by atoms with Crippen molar-refractivity contribution in [3.8, 4) is 5.75 Å². The number of hydrogen-bond donors (Lipinski definition) is 3. The third-order valence-electron chi connectivity index (χ3n) is 9.33. The molecule has 0 atom stereocenters. The number of anilines is 2. The summed E-state index contributed by atoms with van der Waals surface area (Å²) >= 11 is 0. The van der Waals surface area contributed by atoms with E-state index in [2.05, 4.69) is 27.5 Å². The fourth-order valence-corrected chi connectivity index (χ4v) is 6.71. The number of nitrogens with one attached hydrogen (secondary N) is 2. The Morgan fingerprint density at radius 3 is 2.62 bits per heavy atom. The second kappa shape index (κ2) is 13.8. The van der Waals surface area contributed by atoms with Gasteiger partial charge in [-0.2, -0.15) is 0 Å². The van der Waals surface area contributed by atoms with Crippen LogP contribution in [0.4, 0.5) is 16.2 Å². The molecule has 1 saturated carbocycles. The van der Waals surface area contributed by atoms with Crippen LogP contribution in [0.15, 0.2) is 30.3 Å². The Morgan fingerprint density at radius 2 is 1.88 bits per heavy atom.